The summed E-state index contributed by atoms with van der Waals surface area (Å²) in [6, 6.07) is 7.58. The molecule has 1 saturated heterocycles. The van der Waals surface area contributed by atoms with Gasteiger partial charge in [-0.1, -0.05) is 19.1 Å². The Morgan fingerprint density at radius 2 is 2.22 bits per heavy atom. The maximum absolute atomic E-state index is 13.3. The van der Waals surface area contributed by atoms with E-state index in [1.54, 1.807) is 6.07 Å². The number of nitrogens with one attached hydrogen (secondary N) is 1. The minimum atomic E-state index is -0.126. The van der Waals surface area contributed by atoms with Gasteiger partial charge in [0.2, 0.25) is 0 Å². The first kappa shape index (κ1) is 13.5. The largest absolute Gasteiger partial charge is 0.313 e. The van der Waals surface area contributed by atoms with Gasteiger partial charge in [0.1, 0.15) is 5.82 Å². The van der Waals surface area contributed by atoms with E-state index in [0.29, 0.717) is 12.0 Å². The van der Waals surface area contributed by atoms with Crippen molar-refractivity contribution >= 4 is 0 Å². The number of hydrogen-bond donors (Lipinski definition) is 1. The first-order valence-corrected chi connectivity index (χ1v) is 6.86. The molecule has 0 radical (unpaired) electrons. The van der Waals surface area contributed by atoms with Crippen molar-refractivity contribution in [2.75, 3.05) is 26.7 Å². The Labute approximate surface area is 109 Å². The van der Waals surface area contributed by atoms with Gasteiger partial charge < -0.3 is 10.2 Å². The van der Waals surface area contributed by atoms with Gasteiger partial charge in [-0.25, -0.2) is 4.39 Å². The third-order valence-corrected chi connectivity index (χ3v) is 3.64. The number of nitrogens with zero attached hydrogens (tertiary/aromatic N) is 1. The van der Waals surface area contributed by atoms with Crippen LogP contribution in [0.2, 0.25) is 0 Å². The molecule has 1 fully saturated rings. The fourth-order valence-corrected chi connectivity index (χ4v) is 2.82. The van der Waals surface area contributed by atoms with E-state index >= 15 is 0 Å². The van der Waals surface area contributed by atoms with Crippen molar-refractivity contribution in [3.63, 3.8) is 0 Å². The van der Waals surface area contributed by atoms with E-state index in [1.165, 1.54) is 6.07 Å². The molecule has 1 aliphatic rings. The van der Waals surface area contributed by atoms with Crippen LogP contribution in [0.25, 0.3) is 0 Å². The summed E-state index contributed by atoms with van der Waals surface area (Å²) in [7, 11) is 2.14. The highest BCUT2D eigenvalue weighted by Gasteiger charge is 2.25. The fraction of sp³-hybridized carbons (Fsp3) is 0.600. The van der Waals surface area contributed by atoms with Gasteiger partial charge in [0.05, 0.1) is 0 Å². The molecular formula is C15H23FN2. The average Bonchev–Trinajstić information content (AvgIpc) is 2.36. The highest BCUT2D eigenvalue weighted by atomic mass is 19.1. The van der Waals surface area contributed by atoms with E-state index < -0.39 is 0 Å². The van der Waals surface area contributed by atoms with Gasteiger partial charge in [0.25, 0.3) is 0 Å². The van der Waals surface area contributed by atoms with Crippen LogP contribution < -0.4 is 5.32 Å². The maximum atomic E-state index is 13.3. The Kier molecular flexibility index (Phi) is 4.72. The number of rotatable bonds is 4. The number of halogens is 1. The van der Waals surface area contributed by atoms with Crippen LogP contribution in [0.4, 0.5) is 4.39 Å². The molecule has 0 aliphatic carbocycles. The average molecular weight is 250 g/mol. The van der Waals surface area contributed by atoms with Crippen LogP contribution in [0.5, 0.6) is 0 Å². The lowest BCUT2D eigenvalue weighted by molar-refractivity contribution is 0.205. The molecular weight excluding hydrogens is 227 g/mol. The molecule has 1 aromatic carbocycles. The summed E-state index contributed by atoms with van der Waals surface area (Å²) >= 11 is 0. The zero-order chi connectivity index (χ0) is 13.0. The summed E-state index contributed by atoms with van der Waals surface area (Å²) in [4.78, 5) is 2.34. The number of likely N-dealkylation sites (tertiary alicyclic amines) is 1. The van der Waals surface area contributed by atoms with Crippen LogP contribution >= 0.6 is 0 Å². The predicted molar refractivity (Wildman–Crippen MR) is 73.3 cm³/mol. The molecule has 2 atom stereocenters. The van der Waals surface area contributed by atoms with Gasteiger partial charge in [-0.2, -0.15) is 0 Å². The molecule has 0 bridgehead atoms. The summed E-state index contributed by atoms with van der Waals surface area (Å²) < 4.78 is 13.3. The molecule has 0 aromatic heterocycles. The number of benzene rings is 1. The van der Waals surface area contributed by atoms with E-state index in [-0.39, 0.29) is 5.82 Å². The number of piperidine rings is 1. The van der Waals surface area contributed by atoms with Crippen LogP contribution in [0.15, 0.2) is 24.3 Å². The summed E-state index contributed by atoms with van der Waals surface area (Å²) in [5.74, 6) is 0.313. The fourth-order valence-electron chi connectivity index (χ4n) is 2.82. The Morgan fingerprint density at radius 1 is 1.39 bits per heavy atom. The molecule has 1 aromatic rings. The van der Waals surface area contributed by atoms with Gasteiger partial charge in [-0.05, 0) is 50.0 Å². The molecule has 2 nitrogen and oxygen atoms in total. The SMILES string of the molecule is CCCNC1CC(c2cccc(F)c2)CN(C)C1. The number of hydrogen-bond acceptors (Lipinski definition) is 2. The van der Waals surface area contributed by atoms with Crippen molar-refractivity contribution in [2.24, 2.45) is 0 Å². The van der Waals surface area contributed by atoms with Gasteiger partial charge in [0, 0.05) is 19.1 Å². The Bertz CT molecular complexity index is 381. The lowest BCUT2D eigenvalue weighted by atomic mass is 9.88. The minimum absolute atomic E-state index is 0.126. The van der Waals surface area contributed by atoms with Crippen molar-refractivity contribution in [3.05, 3.63) is 35.6 Å². The molecule has 100 valence electrons. The molecule has 18 heavy (non-hydrogen) atoms. The normalized spacial score (nSPS) is 25.3. The molecule has 2 unspecified atom stereocenters. The molecule has 1 aliphatic heterocycles. The van der Waals surface area contributed by atoms with Crippen LogP contribution in [0, 0.1) is 5.82 Å². The minimum Gasteiger partial charge on any atom is -0.313 e. The van der Waals surface area contributed by atoms with E-state index in [4.69, 9.17) is 0 Å². The van der Waals surface area contributed by atoms with E-state index in [2.05, 4.69) is 24.2 Å². The van der Waals surface area contributed by atoms with E-state index in [0.717, 1.165) is 38.0 Å². The topological polar surface area (TPSA) is 15.3 Å². The van der Waals surface area contributed by atoms with Crippen LogP contribution in [-0.4, -0.2) is 37.6 Å². The third-order valence-electron chi connectivity index (χ3n) is 3.64. The molecule has 0 saturated carbocycles. The van der Waals surface area contributed by atoms with E-state index in [9.17, 15) is 4.39 Å². The highest BCUT2D eigenvalue weighted by molar-refractivity contribution is 5.22. The first-order valence-electron chi connectivity index (χ1n) is 6.86. The van der Waals surface area contributed by atoms with Gasteiger partial charge in [-0.15, -0.1) is 0 Å². The zero-order valence-corrected chi connectivity index (χ0v) is 11.3. The van der Waals surface area contributed by atoms with E-state index in [1.807, 2.05) is 12.1 Å². The third kappa shape index (κ3) is 3.53. The van der Waals surface area contributed by atoms with Gasteiger partial charge in [0.15, 0.2) is 0 Å². The highest BCUT2D eigenvalue weighted by Crippen LogP contribution is 2.26. The van der Waals surface area contributed by atoms with Crippen LogP contribution in [0.3, 0.4) is 0 Å². The number of likely N-dealkylation sites (N-methyl/N-ethyl adjacent to an activating group) is 1. The Balaban J connectivity index is 2.03. The second-order valence-corrected chi connectivity index (χ2v) is 5.36. The molecule has 0 amide bonds. The Morgan fingerprint density at radius 3 is 2.94 bits per heavy atom. The Hall–Kier alpha value is -0.930. The standard InChI is InChI=1S/C15H23FN2/c1-3-7-17-15-9-13(10-18(2)11-15)12-5-4-6-14(16)8-12/h4-6,8,13,15,17H,3,7,9-11H2,1-2H3. The lowest BCUT2D eigenvalue weighted by Gasteiger charge is -2.36. The van der Waals surface area contributed by atoms with Crippen LogP contribution in [0.1, 0.15) is 31.2 Å². The molecule has 2 rings (SSSR count). The van der Waals surface area contributed by atoms with Crippen molar-refractivity contribution < 1.29 is 4.39 Å². The zero-order valence-electron chi connectivity index (χ0n) is 11.3. The lowest BCUT2D eigenvalue weighted by Crippen LogP contribution is -2.47. The van der Waals surface area contributed by atoms with Crippen molar-refractivity contribution in [1.82, 2.24) is 10.2 Å². The van der Waals surface area contributed by atoms with Crippen molar-refractivity contribution in [2.45, 2.75) is 31.7 Å². The quantitative estimate of drug-likeness (QED) is 0.883. The summed E-state index contributed by atoms with van der Waals surface area (Å²) in [6.07, 6.45) is 2.26. The monoisotopic (exact) mass is 250 g/mol. The maximum Gasteiger partial charge on any atom is 0.123 e. The second kappa shape index (κ2) is 6.30. The molecule has 0 spiro atoms. The molecule has 3 heteroatoms. The van der Waals surface area contributed by atoms with Gasteiger partial charge >= 0.3 is 0 Å². The molecule has 1 N–H and O–H groups in total. The first-order chi connectivity index (χ1) is 8.69. The second-order valence-electron chi connectivity index (χ2n) is 5.36. The predicted octanol–water partition coefficient (Wildman–Crippen LogP) is 2.61. The summed E-state index contributed by atoms with van der Waals surface area (Å²) in [6.45, 7) is 5.36. The molecule has 1 heterocycles. The summed E-state index contributed by atoms with van der Waals surface area (Å²) in [5, 5.41) is 3.58. The van der Waals surface area contributed by atoms with Crippen molar-refractivity contribution in [1.29, 1.82) is 0 Å². The van der Waals surface area contributed by atoms with Crippen molar-refractivity contribution in [3.8, 4) is 0 Å². The van der Waals surface area contributed by atoms with Crippen LogP contribution in [-0.2, 0) is 0 Å². The summed E-state index contributed by atoms with van der Waals surface area (Å²) in [5.41, 5.74) is 1.13. The smallest absolute Gasteiger partial charge is 0.123 e. The van der Waals surface area contributed by atoms with Gasteiger partial charge in [-0.3, -0.25) is 0 Å².